The Morgan fingerprint density at radius 3 is 2.10 bits per heavy atom. The summed E-state index contributed by atoms with van der Waals surface area (Å²) in [6.07, 6.45) is 0. The zero-order valence-corrected chi connectivity index (χ0v) is 12.1. The number of aromatic hydroxyl groups is 1. The third kappa shape index (κ3) is 1.99. The smallest absolute Gasteiger partial charge is 0.236 e. The molecule has 6 nitrogen and oxygen atoms in total. The number of methoxy groups -OCH3 is 2. The third-order valence-corrected chi connectivity index (χ3v) is 3.35. The van der Waals surface area contributed by atoms with Crippen molar-refractivity contribution in [1.82, 2.24) is 0 Å². The number of carbonyl (C=O) groups is 3. The Bertz CT molecular complexity index is 711. The van der Waals surface area contributed by atoms with E-state index in [4.69, 9.17) is 9.47 Å². The van der Waals surface area contributed by atoms with Crippen LogP contribution in [-0.2, 0) is 9.47 Å². The van der Waals surface area contributed by atoms with Crippen molar-refractivity contribution in [3.8, 4) is 5.75 Å². The van der Waals surface area contributed by atoms with Crippen molar-refractivity contribution in [2.24, 2.45) is 0 Å². The maximum absolute atomic E-state index is 12.4. The van der Waals surface area contributed by atoms with Crippen molar-refractivity contribution < 1.29 is 29.0 Å². The molecular formula is C15H14O6. The van der Waals surface area contributed by atoms with Gasteiger partial charge in [-0.05, 0) is 25.5 Å². The Morgan fingerprint density at radius 1 is 1.10 bits per heavy atom. The first-order chi connectivity index (χ1) is 9.84. The number of carbonyl (C=O) groups excluding carboxylic acids is 3. The zero-order chi connectivity index (χ0) is 15.9. The second-order valence-corrected chi connectivity index (χ2v) is 4.62. The Hall–Kier alpha value is -2.63. The number of phenolic OH excluding ortho intramolecular Hbond substituents is 1. The van der Waals surface area contributed by atoms with Gasteiger partial charge in [-0.3, -0.25) is 14.4 Å². The molecule has 0 spiro atoms. The highest BCUT2D eigenvalue weighted by Crippen LogP contribution is 2.36. The maximum Gasteiger partial charge on any atom is 0.236 e. The molecular weight excluding hydrogens is 276 g/mol. The maximum atomic E-state index is 12.4. The molecule has 6 heteroatoms. The molecule has 0 amide bonds. The molecule has 0 unspecified atom stereocenters. The van der Waals surface area contributed by atoms with Gasteiger partial charge in [-0.25, -0.2) is 0 Å². The molecule has 0 fully saturated rings. The molecule has 21 heavy (non-hydrogen) atoms. The molecule has 0 radical (unpaired) electrons. The number of Topliss-reactive ketones (excluding diaryl/α,β-unsaturated/α-hetero) is 3. The molecule has 0 heterocycles. The fourth-order valence-electron chi connectivity index (χ4n) is 2.47. The van der Waals surface area contributed by atoms with Crippen LogP contribution in [0.5, 0.6) is 5.75 Å². The van der Waals surface area contributed by atoms with E-state index in [0.717, 1.165) is 0 Å². The van der Waals surface area contributed by atoms with Gasteiger partial charge >= 0.3 is 0 Å². The van der Waals surface area contributed by atoms with Crippen LogP contribution in [0.2, 0.25) is 0 Å². The first kappa shape index (κ1) is 14.8. The zero-order valence-electron chi connectivity index (χ0n) is 12.1. The number of hydrogen-bond acceptors (Lipinski definition) is 6. The molecule has 0 saturated heterocycles. The van der Waals surface area contributed by atoms with Gasteiger partial charge in [-0.2, -0.15) is 0 Å². The lowest BCUT2D eigenvalue weighted by molar-refractivity contribution is 0.0826. The predicted molar refractivity (Wildman–Crippen MR) is 72.6 cm³/mol. The lowest BCUT2D eigenvalue weighted by atomic mass is 9.86. The molecule has 1 aromatic rings. The highest BCUT2D eigenvalue weighted by molar-refractivity contribution is 6.27. The van der Waals surface area contributed by atoms with E-state index in [-0.39, 0.29) is 28.2 Å². The summed E-state index contributed by atoms with van der Waals surface area (Å²) in [5.74, 6) is -2.66. The number of aryl methyl sites for hydroxylation is 1. The predicted octanol–water partition coefficient (Wildman–Crippen LogP) is 1.79. The van der Waals surface area contributed by atoms with Crippen LogP contribution in [0.15, 0.2) is 17.6 Å². The standard InChI is InChI=1S/C15H14O6/c1-6-5-8-10(12(18)9(6)7(2)16)13(19)15(21-4)14(20-3)11(8)17/h5,18H,1-4H3. The van der Waals surface area contributed by atoms with E-state index in [1.54, 1.807) is 6.92 Å². The highest BCUT2D eigenvalue weighted by Gasteiger charge is 2.38. The highest BCUT2D eigenvalue weighted by atomic mass is 16.5. The van der Waals surface area contributed by atoms with Crippen LogP contribution in [0.3, 0.4) is 0 Å². The number of hydrogen-bond donors (Lipinski definition) is 1. The summed E-state index contributed by atoms with van der Waals surface area (Å²) in [4.78, 5) is 36.3. The van der Waals surface area contributed by atoms with Crippen LogP contribution in [0.1, 0.15) is 43.6 Å². The average molecular weight is 290 g/mol. The van der Waals surface area contributed by atoms with Crippen molar-refractivity contribution in [2.45, 2.75) is 13.8 Å². The summed E-state index contributed by atoms with van der Waals surface area (Å²) in [6, 6.07) is 1.40. The summed E-state index contributed by atoms with van der Waals surface area (Å²) in [7, 11) is 2.48. The van der Waals surface area contributed by atoms with Gasteiger partial charge in [0.1, 0.15) is 5.75 Å². The van der Waals surface area contributed by atoms with Gasteiger partial charge in [0.2, 0.25) is 23.1 Å². The van der Waals surface area contributed by atoms with Gasteiger partial charge in [-0.1, -0.05) is 0 Å². The van der Waals surface area contributed by atoms with Crippen molar-refractivity contribution in [3.05, 3.63) is 39.8 Å². The van der Waals surface area contributed by atoms with Crippen LogP contribution >= 0.6 is 0 Å². The third-order valence-electron chi connectivity index (χ3n) is 3.35. The second-order valence-electron chi connectivity index (χ2n) is 4.62. The molecule has 0 atom stereocenters. The number of phenols is 1. The largest absolute Gasteiger partial charge is 0.506 e. The second kappa shape index (κ2) is 5.05. The van der Waals surface area contributed by atoms with E-state index >= 15 is 0 Å². The Kier molecular flexibility index (Phi) is 3.55. The first-order valence-electron chi connectivity index (χ1n) is 6.14. The number of ether oxygens (including phenoxy) is 2. The summed E-state index contributed by atoms with van der Waals surface area (Å²) in [5.41, 5.74) is 0.202. The number of ketones is 3. The van der Waals surface area contributed by atoms with Crippen molar-refractivity contribution in [3.63, 3.8) is 0 Å². The lowest BCUT2D eigenvalue weighted by Crippen LogP contribution is -2.25. The molecule has 0 saturated carbocycles. The summed E-state index contributed by atoms with van der Waals surface area (Å²) in [5, 5.41) is 10.2. The van der Waals surface area contributed by atoms with Gasteiger partial charge in [0, 0.05) is 5.56 Å². The van der Waals surface area contributed by atoms with Crippen molar-refractivity contribution >= 4 is 17.3 Å². The summed E-state index contributed by atoms with van der Waals surface area (Å²) < 4.78 is 9.84. The fourth-order valence-corrected chi connectivity index (χ4v) is 2.47. The average Bonchev–Trinajstić information content (AvgIpc) is 2.41. The van der Waals surface area contributed by atoms with E-state index in [1.165, 1.54) is 27.2 Å². The first-order valence-corrected chi connectivity index (χ1v) is 6.14. The Morgan fingerprint density at radius 2 is 1.62 bits per heavy atom. The van der Waals surface area contributed by atoms with E-state index in [9.17, 15) is 19.5 Å². The molecule has 1 aliphatic rings. The Labute approximate surface area is 121 Å². The molecule has 1 aliphatic carbocycles. The number of benzene rings is 1. The molecule has 0 aliphatic heterocycles. The van der Waals surface area contributed by atoms with Gasteiger partial charge in [0.15, 0.2) is 5.78 Å². The summed E-state index contributed by atoms with van der Waals surface area (Å²) in [6.45, 7) is 2.85. The van der Waals surface area contributed by atoms with Gasteiger partial charge in [-0.15, -0.1) is 0 Å². The lowest BCUT2D eigenvalue weighted by Gasteiger charge is -2.21. The molecule has 1 N–H and O–H groups in total. The molecule has 2 rings (SSSR count). The summed E-state index contributed by atoms with van der Waals surface area (Å²) >= 11 is 0. The minimum atomic E-state index is -0.691. The molecule has 0 bridgehead atoms. The SMILES string of the molecule is COC1=C(OC)C(=O)c2c(cc(C)c(C(C)=O)c2O)C1=O. The van der Waals surface area contributed by atoms with E-state index in [2.05, 4.69) is 0 Å². The fraction of sp³-hybridized carbons (Fsp3) is 0.267. The quantitative estimate of drug-likeness (QED) is 0.853. The number of fused-ring (bicyclic) bond motifs is 1. The van der Waals surface area contributed by atoms with Crippen LogP contribution in [-0.4, -0.2) is 36.7 Å². The monoisotopic (exact) mass is 290 g/mol. The van der Waals surface area contributed by atoms with Crippen LogP contribution in [0.4, 0.5) is 0 Å². The van der Waals surface area contributed by atoms with Crippen molar-refractivity contribution in [2.75, 3.05) is 14.2 Å². The molecule has 1 aromatic carbocycles. The van der Waals surface area contributed by atoms with E-state index < -0.39 is 23.1 Å². The molecule has 0 aromatic heterocycles. The van der Waals surface area contributed by atoms with Gasteiger partial charge in [0.25, 0.3) is 0 Å². The Balaban J connectivity index is 2.84. The number of rotatable bonds is 3. The van der Waals surface area contributed by atoms with Gasteiger partial charge < -0.3 is 14.6 Å². The topological polar surface area (TPSA) is 89.9 Å². The van der Waals surface area contributed by atoms with E-state index in [1.807, 2.05) is 0 Å². The van der Waals surface area contributed by atoms with Crippen LogP contribution < -0.4 is 0 Å². The van der Waals surface area contributed by atoms with E-state index in [0.29, 0.717) is 5.56 Å². The van der Waals surface area contributed by atoms with Crippen LogP contribution in [0.25, 0.3) is 0 Å². The van der Waals surface area contributed by atoms with Crippen LogP contribution in [0, 0.1) is 6.92 Å². The molecule has 110 valence electrons. The number of allylic oxidation sites excluding steroid dienone is 2. The van der Waals surface area contributed by atoms with Crippen molar-refractivity contribution in [1.29, 1.82) is 0 Å². The minimum absolute atomic E-state index is 0.00218. The van der Waals surface area contributed by atoms with Gasteiger partial charge in [0.05, 0.1) is 25.3 Å². The normalized spacial score (nSPS) is 14.1. The minimum Gasteiger partial charge on any atom is -0.506 e.